The first-order chi connectivity index (χ1) is 8.45. The van der Waals surface area contributed by atoms with E-state index >= 15 is 0 Å². The first-order valence-electron chi connectivity index (χ1n) is 4.30. The minimum absolute atomic E-state index is 0. The quantitative estimate of drug-likeness (QED) is 0.0671. The molecule has 1 amide bonds. The molecule has 0 aromatic heterocycles. The molecule has 0 bridgehead atoms. The number of hydroxylamine groups is 2. The molecule has 3 radical (unpaired) electrons. The number of aliphatic hydroxyl groups is 2. The van der Waals surface area contributed by atoms with E-state index in [1.165, 1.54) is 26.7 Å². The standard InChI is InChI=1S/C3H9N2O3.C3H6N2O2.C2H3O.3Y/c1-4-3(6,7)5-8-2;1-7-5-2-4-3-6;1-2-3;;;/h4-7H,2H2,1H3;5H,1-2H2,(H,4,6);1H3;;;/q-1;-2;-1;;;. The van der Waals surface area contributed by atoms with Crippen molar-refractivity contribution < 1.29 is 128 Å². The second-order valence-electron chi connectivity index (χ2n) is 2.12. The third-order valence-electron chi connectivity index (χ3n) is 0.898. The summed E-state index contributed by atoms with van der Waals surface area (Å²) in [5.41, 5.74) is 4.02. The number of hydrogen-bond donors (Lipinski definition) is 6. The molecule has 0 rings (SSSR count). The summed E-state index contributed by atoms with van der Waals surface area (Å²) in [7, 11) is 7.16. The zero-order chi connectivity index (χ0) is 14.9. The molecular formula is C8H18N4O6Y3-4. The molecule has 0 aliphatic rings. The number of hydrogen-bond acceptors (Lipinski definition) is 9. The Bertz CT molecular complexity index is 193. The number of nitrogens with one attached hydrogen (secondary N) is 4. The van der Waals surface area contributed by atoms with Crippen LogP contribution in [0.25, 0.3) is 0 Å². The smallest absolute Gasteiger partial charge is 0.306 e. The fourth-order valence-corrected chi connectivity index (χ4v) is 0.275. The molecule has 0 aromatic rings. The van der Waals surface area contributed by atoms with Crippen LogP contribution >= 0.6 is 0 Å². The molecule has 119 valence electrons. The van der Waals surface area contributed by atoms with E-state index in [-0.39, 0.29) is 105 Å². The Morgan fingerprint density at radius 1 is 1.14 bits per heavy atom. The normalized spacial score (nSPS) is 7.90. The van der Waals surface area contributed by atoms with Crippen molar-refractivity contribution in [1.29, 1.82) is 0 Å². The zero-order valence-electron chi connectivity index (χ0n) is 11.9. The molecule has 0 spiro atoms. The van der Waals surface area contributed by atoms with Gasteiger partial charge in [0, 0.05) is 98.1 Å². The van der Waals surface area contributed by atoms with Crippen LogP contribution in [0.3, 0.4) is 0 Å². The van der Waals surface area contributed by atoms with Crippen LogP contribution in [0.1, 0.15) is 6.92 Å². The molecule has 0 unspecified atom stereocenters. The summed E-state index contributed by atoms with van der Waals surface area (Å²) in [6.07, 6.45) is 2.93. The Kier molecular flexibility index (Phi) is 62.0. The molecule has 0 heterocycles. The van der Waals surface area contributed by atoms with Gasteiger partial charge in [0.05, 0.1) is 6.67 Å². The number of carbonyl (C=O) groups excluding carboxylic acids is 2. The summed E-state index contributed by atoms with van der Waals surface area (Å²) in [4.78, 5) is 26.0. The van der Waals surface area contributed by atoms with E-state index in [1.807, 2.05) is 0 Å². The maximum Gasteiger partial charge on any atom is 0.306 e. The van der Waals surface area contributed by atoms with Crippen LogP contribution in [0.5, 0.6) is 0 Å². The molecule has 0 fully saturated rings. The van der Waals surface area contributed by atoms with Crippen LogP contribution in [-0.4, -0.2) is 42.7 Å². The van der Waals surface area contributed by atoms with Gasteiger partial charge in [-0.1, -0.05) is 0 Å². The van der Waals surface area contributed by atoms with Gasteiger partial charge in [0.15, 0.2) is 0 Å². The topological polar surface area (TPSA) is 141 Å². The van der Waals surface area contributed by atoms with Crippen LogP contribution in [0.4, 0.5) is 0 Å². The van der Waals surface area contributed by atoms with E-state index in [1.54, 1.807) is 5.48 Å². The van der Waals surface area contributed by atoms with Crippen molar-refractivity contribution >= 4 is 12.7 Å². The van der Waals surface area contributed by atoms with E-state index in [4.69, 9.17) is 15.0 Å². The van der Waals surface area contributed by atoms with E-state index in [9.17, 15) is 4.79 Å². The second kappa shape index (κ2) is 33.7. The molecule has 0 aliphatic heterocycles. The Labute approximate surface area is 200 Å². The van der Waals surface area contributed by atoms with Crippen LogP contribution in [-0.2, 0) is 117 Å². The van der Waals surface area contributed by atoms with Crippen LogP contribution in [0.2, 0.25) is 0 Å². The number of amides is 1. The molecular weight excluding hydrogens is 515 g/mol. The van der Waals surface area contributed by atoms with Gasteiger partial charge < -0.3 is 34.8 Å². The Hall–Kier alpha value is 2.17. The molecule has 0 saturated heterocycles. The largest absolute Gasteiger partial charge is 0.542 e. The van der Waals surface area contributed by atoms with Gasteiger partial charge in [0.25, 0.3) is 0 Å². The predicted molar refractivity (Wildman–Crippen MR) is 60.4 cm³/mol. The van der Waals surface area contributed by atoms with Crippen LogP contribution in [0, 0.1) is 14.2 Å². The summed E-state index contributed by atoms with van der Waals surface area (Å²) >= 11 is 0. The fraction of sp³-hybridized carbons (Fsp3) is 0.500. The Balaban J connectivity index is -0.0000000404. The maximum atomic E-state index is 9.33. The van der Waals surface area contributed by atoms with Crippen molar-refractivity contribution in [2.75, 3.05) is 13.7 Å². The molecule has 10 nitrogen and oxygen atoms in total. The summed E-state index contributed by atoms with van der Waals surface area (Å²) in [5.74, 6) is 0. The van der Waals surface area contributed by atoms with Gasteiger partial charge in [-0.15, -0.1) is 0 Å². The predicted octanol–water partition coefficient (Wildman–Crippen LogP) is -2.86. The zero-order valence-corrected chi connectivity index (χ0v) is 20.4. The van der Waals surface area contributed by atoms with E-state index < -0.39 is 6.03 Å². The van der Waals surface area contributed by atoms with Gasteiger partial charge in [-0.3, -0.25) is 11.6 Å². The van der Waals surface area contributed by atoms with Crippen molar-refractivity contribution in [3.63, 3.8) is 0 Å². The van der Waals surface area contributed by atoms with Gasteiger partial charge in [0.2, 0.25) is 0 Å². The summed E-state index contributed by atoms with van der Waals surface area (Å²) < 4.78 is 0. The molecule has 13 heteroatoms. The second-order valence-corrected chi connectivity index (χ2v) is 2.12. The van der Waals surface area contributed by atoms with Crippen LogP contribution < -0.4 is 21.6 Å². The van der Waals surface area contributed by atoms with Gasteiger partial charge >= 0.3 is 6.03 Å². The first-order valence-corrected chi connectivity index (χ1v) is 4.30. The minimum Gasteiger partial charge on any atom is -0.542 e. The van der Waals surface area contributed by atoms with Crippen LogP contribution in [0.15, 0.2) is 0 Å². The fourth-order valence-electron chi connectivity index (χ4n) is 0.275. The third kappa shape index (κ3) is 52.0. The Morgan fingerprint density at radius 2 is 1.57 bits per heavy atom. The first kappa shape index (κ1) is 38.6. The van der Waals surface area contributed by atoms with Crippen molar-refractivity contribution in [3.05, 3.63) is 14.2 Å². The number of rotatable bonds is 7. The molecule has 0 aliphatic carbocycles. The van der Waals surface area contributed by atoms with Gasteiger partial charge in [-0.2, -0.15) is 18.8 Å². The Morgan fingerprint density at radius 3 is 1.76 bits per heavy atom. The van der Waals surface area contributed by atoms with Gasteiger partial charge in [-0.05, 0) is 7.05 Å². The SMILES string of the molecule is C[C-]=O.[CH2-]ONC(O)(O)NC.[CH2-]ONCN[C-]=O.[Y].[Y].[Y]. The minimum atomic E-state index is -2.19. The van der Waals surface area contributed by atoms with E-state index in [0.717, 1.165) is 0 Å². The monoisotopic (exact) mass is 533 g/mol. The molecule has 21 heavy (non-hydrogen) atoms. The van der Waals surface area contributed by atoms with Crippen molar-refractivity contribution in [1.82, 2.24) is 21.6 Å². The molecule has 6 N–H and O–H groups in total. The maximum absolute atomic E-state index is 9.33. The van der Waals surface area contributed by atoms with Gasteiger partial charge in [-0.25, -0.2) is 19.7 Å². The summed E-state index contributed by atoms with van der Waals surface area (Å²) in [6, 6.07) is -2.19. The summed E-state index contributed by atoms with van der Waals surface area (Å²) in [5, 5.41) is 21.2. The molecule has 0 saturated carbocycles. The third-order valence-corrected chi connectivity index (χ3v) is 0.898. The molecule has 0 aromatic carbocycles. The average molecular weight is 533 g/mol. The average Bonchev–Trinajstić information content (AvgIpc) is 2.32. The van der Waals surface area contributed by atoms with E-state index in [0.29, 0.717) is 0 Å². The van der Waals surface area contributed by atoms with Gasteiger partial charge in [0.1, 0.15) is 0 Å². The van der Waals surface area contributed by atoms with Crippen molar-refractivity contribution in [3.8, 4) is 0 Å². The summed E-state index contributed by atoms with van der Waals surface area (Å²) in [6.45, 7) is 1.55. The van der Waals surface area contributed by atoms with Crippen molar-refractivity contribution in [2.45, 2.75) is 13.0 Å². The van der Waals surface area contributed by atoms with Crippen molar-refractivity contribution in [2.24, 2.45) is 0 Å². The van der Waals surface area contributed by atoms with E-state index in [2.05, 4.69) is 40.0 Å². The molecule has 0 atom stereocenters.